The van der Waals surface area contributed by atoms with Gasteiger partial charge in [0.2, 0.25) is 0 Å². The monoisotopic (exact) mass is 942 g/mol. The Labute approximate surface area is 431 Å². The van der Waals surface area contributed by atoms with Gasteiger partial charge >= 0.3 is 0 Å². The highest BCUT2D eigenvalue weighted by molar-refractivity contribution is 5.93. The molecule has 0 amide bonds. The summed E-state index contributed by atoms with van der Waals surface area (Å²) >= 11 is 0. The number of fused-ring (bicyclic) bond motifs is 6. The number of hydrogen-bond donors (Lipinski definition) is 0. The van der Waals surface area contributed by atoms with Crippen LogP contribution in [0.1, 0.15) is 87.1 Å². The van der Waals surface area contributed by atoms with Crippen molar-refractivity contribution in [3.05, 3.63) is 280 Å². The normalized spacial score (nSPS) is 21.3. The van der Waals surface area contributed by atoms with Gasteiger partial charge in [0.1, 0.15) is 0 Å². The summed E-state index contributed by atoms with van der Waals surface area (Å²) in [5.41, 5.74) is 18.1. The predicted molar refractivity (Wildman–Crippen MR) is 308 cm³/mol. The third-order valence-electron chi connectivity index (χ3n) is 17.5. The minimum Gasteiger partial charge on any atom is -0.334 e. The van der Waals surface area contributed by atoms with Gasteiger partial charge in [-0.25, -0.2) is 0 Å². The average Bonchev–Trinajstić information content (AvgIpc) is 3.94. The lowest BCUT2D eigenvalue weighted by Gasteiger charge is -2.49. The molecule has 5 aliphatic rings. The Morgan fingerprint density at radius 2 is 1.36 bits per heavy atom. The van der Waals surface area contributed by atoms with Crippen LogP contribution in [0.3, 0.4) is 0 Å². The van der Waals surface area contributed by atoms with Crippen LogP contribution < -0.4 is 15.5 Å². The molecule has 13 rings (SSSR count). The van der Waals surface area contributed by atoms with Crippen LogP contribution in [0.2, 0.25) is 0 Å². The van der Waals surface area contributed by atoms with Crippen LogP contribution in [0.15, 0.2) is 242 Å². The van der Waals surface area contributed by atoms with E-state index in [0.717, 1.165) is 38.5 Å². The first kappa shape index (κ1) is 45.0. The highest BCUT2D eigenvalue weighted by atomic mass is 15.2. The molecule has 0 N–H and O–H groups in total. The van der Waals surface area contributed by atoms with Gasteiger partial charge in [-0.2, -0.15) is 0 Å². The van der Waals surface area contributed by atoms with Crippen LogP contribution in [0, 0.1) is 5.41 Å². The zero-order valence-electron chi connectivity index (χ0n) is 42.3. The second kappa shape index (κ2) is 18.0. The van der Waals surface area contributed by atoms with E-state index < -0.39 is 10.8 Å². The van der Waals surface area contributed by atoms with Crippen molar-refractivity contribution in [2.75, 3.05) is 4.90 Å². The molecule has 4 atom stereocenters. The van der Waals surface area contributed by atoms with E-state index in [0.29, 0.717) is 0 Å². The molecule has 4 unspecified atom stereocenters. The van der Waals surface area contributed by atoms with Crippen LogP contribution in [-0.2, 0) is 10.8 Å². The van der Waals surface area contributed by atoms with Crippen molar-refractivity contribution in [2.24, 2.45) is 5.41 Å². The van der Waals surface area contributed by atoms with Crippen LogP contribution in [0.5, 0.6) is 0 Å². The third kappa shape index (κ3) is 7.20. The van der Waals surface area contributed by atoms with Gasteiger partial charge in [0, 0.05) is 49.1 Å². The van der Waals surface area contributed by atoms with Crippen molar-refractivity contribution in [1.29, 1.82) is 0 Å². The van der Waals surface area contributed by atoms with Crippen molar-refractivity contribution < 1.29 is 0 Å². The molecule has 0 saturated carbocycles. The molecular formula is C71H62N2. The van der Waals surface area contributed by atoms with Gasteiger partial charge in [-0.1, -0.05) is 220 Å². The summed E-state index contributed by atoms with van der Waals surface area (Å²) < 4.78 is 2.56. The topological polar surface area (TPSA) is 8.17 Å². The van der Waals surface area contributed by atoms with Crippen molar-refractivity contribution in [3.8, 4) is 27.9 Å². The number of nitrogens with zero attached hydrogens (tertiary/aromatic N) is 2. The first-order valence-corrected chi connectivity index (χ1v) is 26.6. The van der Waals surface area contributed by atoms with Crippen molar-refractivity contribution in [3.63, 3.8) is 0 Å². The number of rotatable bonds is 10. The summed E-state index contributed by atoms with van der Waals surface area (Å²) in [5, 5.41) is 3.98. The first-order chi connectivity index (χ1) is 35.8. The lowest BCUT2D eigenvalue weighted by molar-refractivity contribution is 0.264. The summed E-state index contributed by atoms with van der Waals surface area (Å²) in [6.07, 6.45) is 34.8. The summed E-state index contributed by atoms with van der Waals surface area (Å²) in [6.45, 7) is 7.46. The van der Waals surface area contributed by atoms with Gasteiger partial charge in [0.25, 0.3) is 0 Å². The molecule has 1 aromatic heterocycles. The van der Waals surface area contributed by atoms with Crippen molar-refractivity contribution in [2.45, 2.75) is 76.2 Å². The van der Waals surface area contributed by atoms with Crippen LogP contribution >= 0.6 is 0 Å². The Morgan fingerprint density at radius 1 is 0.603 bits per heavy atom. The largest absolute Gasteiger partial charge is 0.334 e. The van der Waals surface area contributed by atoms with Gasteiger partial charge in [-0.15, -0.1) is 0 Å². The molecule has 0 radical (unpaired) electrons. The molecule has 73 heavy (non-hydrogen) atoms. The van der Waals surface area contributed by atoms with Gasteiger partial charge in [-0.3, -0.25) is 0 Å². The van der Waals surface area contributed by atoms with E-state index >= 15 is 0 Å². The van der Waals surface area contributed by atoms with E-state index in [1.54, 1.807) is 0 Å². The Bertz CT molecular complexity index is 3780. The van der Waals surface area contributed by atoms with E-state index in [1.165, 1.54) is 99.8 Å². The first-order valence-electron chi connectivity index (χ1n) is 26.6. The summed E-state index contributed by atoms with van der Waals surface area (Å²) in [7, 11) is 0. The lowest BCUT2D eigenvalue weighted by Crippen LogP contribution is -2.43. The quantitative estimate of drug-likeness (QED) is 0.133. The number of allylic oxidation sites excluding steroid dienone is 10. The maximum atomic E-state index is 2.71. The molecule has 0 fully saturated rings. The van der Waals surface area contributed by atoms with Crippen LogP contribution in [0.25, 0.3) is 51.0 Å². The molecule has 0 spiro atoms. The number of benzene rings is 7. The van der Waals surface area contributed by atoms with E-state index in [9.17, 15) is 0 Å². The van der Waals surface area contributed by atoms with Gasteiger partial charge in [-0.05, 0) is 138 Å². The van der Waals surface area contributed by atoms with Crippen LogP contribution in [0.4, 0.5) is 11.4 Å². The fourth-order valence-electron chi connectivity index (χ4n) is 13.3. The predicted octanol–water partition coefficient (Wildman–Crippen LogP) is 16.5. The van der Waals surface area contributed by atoms with E-state index in [-0.39, 0.29) is 11.5 Å². The molecule has 1 heterocycles. The average molecular weight is 943 g/mol. The van der Waals surface area contributed by atoms with E-state index in [4.69, 9.17) is 0 Å². The van der Waals surface area contributed by atoms with Gasteiger partial charge in [0.15, 0.2) is 0 Å². The Morgan fingerprint density at radius 3 is 2.12 bits per heavy atom. The summed E-state index contributed by atoms with van der Waals surface area (Å²) in [5.74, 6) is 0. The standard InChI is InChI=1S/C71H62N2/c1-69(46-21-8-22-47-69)71(3,55-30-15-7-16-31-55)63-48-53(51-26-11-5-12-27-51)40-45-66(63)72(56-41-38-52(39-42-56)50-24-9-4-10-25-50)57-43-44-60-62(49-57)70(2,54-28-13-6-14-29-54)61-34-23-37-67(68(60)61)73-64-35-19-17-32-58(64)59-33-18-20-36-65(59)73/h5-9,11-17,19,21-41,43-46,48-49,56H,4,10,18,20,42,47H2,1-3H3. The molecule has 5 aliphatic carbocycles. The Kier molecular flexibility index (Phi) is 11.1. The number of hydrogen-bond acceptors (Lipinski definition) is 1. The molecular weight excluding hydrogens is 881 g/mol. The zero-order valence-corrected chi connectivity index (χ0v) is 42.3. The van der Waals surface area contributed by atoms with Crippen LogP contribution in [-0.4, -0.2) is 10.6 Å². The fourth-order valence-corrected chi connectivity index (χ4v) is 13.3. The maximum Gasteiger partial charge on any atom is 0.0560 e. The molecule has 2 heteroatoms. The lowest BCUT2D eigenvalue weighted by atomic mass is 9.56. The second-order valence-corrected chi connectivity index (χ2v) is 21.4. The Hall–Kier alpha value is -7.94. The molecule has 2 nitrogen and oxygen atoms in total. The number of anilines is 2. The van der Waals surface area contributed by atoms with E-state index in [2.05, 4.69) is 273 Å². The Balaban J connectivity index is 1.07. The zero-order chi connectivity index (χ0) is 49.2. The summed E-state index contributed by atoms with van der Waals surface area (Å²) in [4.78, 5) is 2.71. The molecule has 0 aliphatic heterocycles. The summed E-state index contributed by atoms with van der Waals surface area (Å²) in [6, 6.07) is 64.5. The highest BCUT2D eigenvalue weighted by Gasteiger charge is 2.48. The molecule has 7 aromatic carbocycles. The minimum atomic E-state index is -0.446. The SMILES string of the molecule is CC1(c2ccccc2)c2cc(N(c3ccc(-c4ccccc4)cc3C(C)(c3ccccc3)C3(C)C=CC=CC3)C3C=CC(C4=CCCC=C4)=CC3)ccc2-c2c(-n3c4c(c5ccccc53)=CCCC=4)cccc21. The molecule has 0 saturated heterocycles. The minimum absolute atomic E-state index is 0.0396. The van der Waals surface area contributed by atoms with Crippen molar-refractivity contribution in [1.82, 2.24) is 4.57 Å². The molecule has 0 bridgehead atoms. The molecule has 356 valence electrons. The second-order valence-electron chi connectivity index (χ2n) is 21.4. The van der Waals surface area contributed by atoms with Gasteiger partial charge < -0.3 is 9.47 Å². The number of para-hydroxylation sites is 1. The maximum absolute atomic E-state index is 2.71. The fraction of sp³-hybridized carbons (Fsp3) is 0.183. The third-order valence-corrected chi connectivity index (χ3v) is 17.5. The number of aromatic nitrogens is 1. The van der Waals surface area contributed by atoms with Gasteiger partial charge in [0.05, 0.1) is 17.2 Å². The smallest absolute Gasteiger partial charge is 0.0560 e. The van der Waals surface area contributed by atoms with E-state index in [1.807, 2.05) is 0 Å². The van der Waals surface area contributed by atoms with Crippen molar-refractivity contribution >= 4 is 34.4 Å². The molecule has 8 aromatic rings. The highest BCUT2D eigenvalue weighted by Crippen LogP contribution is 2.58.